The molecule has 0 fully saturated rings. The molecular formula is C16H17ClN2O4. The van der Waals surface area contributed by atoms with E-state index in [0.717, 1.165) is 5.56 Å². The van der Waals surface area contributed by atoms with E-state index in [4.69, 9.17) is 21.1 Å². The van der Waals surface area contributed by atoms with Crippen molar-refractivity contribution < 1.29 is 14.4 Å². The van der Waals surface area contributed by atoms with Crippen LogP contribution in [0.25, 0.3) is 0 Å². The zero-order valence-electron chi connectivity index (χ0n) is 13.0. The summed E-state index contributed by atoms with van der Waals surface area (Å²) in [7, 11) is 3.19. The lowest BCUT2D eigenvalue weighted by molar-refractivity contribution is -0.384. The lowest BCUT2D eigenvalue weighted by Crippen LogP contribution is -2.09. The summed E-state index contributed by atoms with van der Waals surface area (Å²) in [5.41, 5.74) is 1.45. The highest BCUT2D eigenvalue weighted by atomic mass is 35.5. The highest BCUT2D eigenvalue weighted by Gasteiger charge is 2.15. The van der Waals surface area contributed by atoms with Gasteiger partial charge in [0.05, 0.1) is 35.9 Å². The average molecular weight is 337 g/mol. The quantitative estimate of drug-likeness (QED) is 0.623. The van der Waals surface area contributed by atoms with Crippen LogP contribution in [-0.2, 0) is 0 Å². The molecule has 2 aromatic carbocycles. The highest BCUT2D eigenvalue weighted by molar-refractivity contribution is 6.33. The molecule has 0 bridgehead atoms. The van der Waals surface area contributed by atoms with Crippen LogP contribution in [0.4, 0.5) is 11.4 Å². The number of nitro groups is 1. The third kappa shape index (κ3) is 3.84. The van der Waals surface area contributed by atoms with Crippen molar-refractivity contribution in [2.75, 3.05) is 19.5 Å². The molecule has 0 heterocycles. The number of rotatable bonds is 6. The molecule has 0 aromatic heterocycles. The van der Waals surface area contributed by atoms with Crippen LogP contribution < -0.4 is 14.8 Å². The zero-order chi connectivity index (χ0) is 17.0. The highest BCUT2D eigenvalue weighted by Crippen LogP contribution is 2.34. The van der Waals surface area contributed by atoms with E-state index in [-0.39, 0.29) is 16.8 Å². The molecule has 2 rings (SSSR count). The Morgan fingerprint density at radius 3 is 2.48 bits per heavy atom. The van der Waals surface area contributed by atoms with Crippen LogP contribution in [-0.4, -0.2) is 19.1 Å². The van der Waals surface area contributed by atoms with E-state index >= 15 is 0 Å². The van der Waals surface area contributed by atoms with E-state index in [0.29, 0.717) is 17.2 Å². The predicted molar refractivity (Wildman–Crippen MR) is 89.7 cm³/mol. The van der Waals surface area contributed by atoms with Crippen molar-refractivity contribution in [3.63, 3.8) is 0 Å². The van der Waals surface area contributed by atoms with E-state index < -0.39 is 4.92 Å². The third-order valence-corrected chi connectivity index (χ3v) is 3.75. The normalized spacial score (nSPS) is 11.7. The van der Waals surface area contributed by atoms with E-state index in [2.05, 4.69) is 5.32 Å². The first kappa shape index (κ1) is 16.9. The Labute approximate surface area is 139 Å². The Hall–Kier alpha value is -2.47. The molecule has 1 unspecified atom stereocenters. The summed E-state index contributed by atoms with van der Waals surface area (Å²) in [6, 6.07) is 9.68. The van der Waals surface area contributed by atoms with Crippen molar-refractivity contribution in [1.29, 1.82) is 0 Å². The van der Waals surface area contributed by atoms with Gasteiger partial charge in [0.2, 0.25) is 0 Å². The molecule has 0 aliphatic carbocycles. The van der Waals surface area contributed by atoms with Crippen LogP contribution in [0.15, 0.2) is 36.4 Å². The SMILES string of the molecule is COc1ccc(OC)c(C(C)Nc2ccc([N+](=O)[O-])cc2Cl)c1. The molecule has 0 radical (unpaired) electrons. The smallest absolute Gasteiger partial charge is 0.271 e. The van der Waals surface area contributed by atoms with E-state index in [1.54, 1.807) is 20.3 Å². The number of hydrogen-bond donors (Lipinski definition) is 1. The third-order valence-electron chi connectivity index (χ3n) is 3.44. The van der Waals surface area contributed by atoms with Crippen LogP contribution in [0.1, 0.15) is 18.5 Å². The van der Waals surface area contributed by atoms with Gasteiger partial charge in [-0.25, -0.2) is 0 Å². The number of methoxy groups -OCH3 is 2. The number of nitro benzene ring substituents is 1. The van der Waals surface area contributed by atoms with E-state index in [9.17, 15) is 10.1 Å². The molecule has 0 saturated heterocycles. The van der Waals surface area contributed by atoms with E-state index in [1.807, 2.05) is 25.1 Å². The summed E-state index contributed by atoms with van der Waals surface area (Å²) in [5.74, 6) is 1.42. The molecule has 7 heteroatoms. The van der Waals surface area contributed by atoms with Gasteiger partial charge in [-0.3, -0.25) is 10.1 Å². The number of hydrogen-bond acceptors (Lipinski definition) is 5. The zero-order valence-corrected chi connectivity index (χ0v) is 13.8. The van der Waals surface area contributed by atoms with Crippen LogP contribution in [0.3, 0.4) is 0 Å². The number of anilines is 1. The minimum Gasteiger partial charge on any atom is -0.497 e. The molecule has 6 nitrogen and oxygen atoms in total. The molecule has 0 saturated carbocycles. The van der Waals surface area contributed by atoms with Gasteiger partial charge in [0.1, 0.15) is 11.5 Å². The van der Waals surface area contributed by atoms with Crippen molar-refractivity contribution in [1.82, 2.24) is 0 Å². The summed E-state index contributed by atoms with van der Waals surface area (Å²) in [6.45, 7) is 1.94. The molecular weight excluding hydrogens is 320 g/mol. The Balaban J connectivity index is 2.28. The van der Waals surface area contributed by atoms with Gasteiger partial charge in [-0.05, 0) is 31.2 Å². The van der Waals surface area contributed by atoms with Crippen molar-refractivity contribution in [3.8, 4) is 11.5 Å². The summed E-state index contributed by atoms with van der Waals surface area (Å²) in [4.78, 5) is 10.3. The molecule has 2 aromatic rings. The summed E-state index contributed by atoms with van der Waals surface area (Å²) in [5, 5.41) is 14.3. The molecule has 0 amide bonds. The Kier molecular flexibility index (Phi) is 5.28. The maximum atomic E-state index is 10.8. The lowest BCUT2D eigenvalue weighted by Gasteiger charge is -2.20. The molecule has 1 atom stereocenters. The molecule has 23 heavy (non-hydrogen) atoms. The fraction of sp³-hybridized carbons (Fsp3) is 0.250. The number of nitrogens with zero attached hydrogens (tertiary/aromatic N) is 1. The van der Waals surface area contributed by atoms with Gasteiger partial charge in [0.15, 0.2) is 0 Å². The monoisotopic (exact) mass is 336 g/mol. The second kappa shape index (κ2) is 7.19. The second-order valence-electron chi connectivity index (χ2n) is 4.90. The van der Waals surface area contributed by atoms with Gasteiger partial charge in [0, 0.05) is 17.7 Å². The van der Waals surface area contributed by atoms with Crippen molar-refractivity contribution in [2.45, 2.75) is 13.0 Å². The molecule has 1 N–H and O–H groups in total. The Bertz CT molecular complexity index is 721. The van der Waals surface area contributed by atoms with Gasteiger partial charge in [0.25, 0.3) is 5.69 Å². The molecule has 0 spiro atoms. The largest absolute Gasteiger partial charge is 0.497 e. The minimum atomic E-state index is -0.482. The number of halogens is 1. The van der Waals surface area contributed by atoms with Crippen molar-refractivity contribution in [2.24, 2.45) is 0 Å². The number of nitrogens with one attached hydrogen (secondary N) is 1. The van der Waals surface area contributed by atoms with Crippen molar-refractivity contribution in [3.05, 3.63) is 57.1 Å². The first-order chi connectivity index (χ1) is 11.0. The summed E-state index contributed by atoms with van der Waals surface area (Å²) in [6.07, 6.45) is 0. The molecule has 0 aliphatic rings. The average Bonchev–Trinajstić information content (AvgIpc) is 2.55. The van der Waals surface area contributed by atoms with Crippen LogP contribution in [0.5, 0.6) is 11.5 Å². The maximum Gasteiger partial charge on any atom is 0.271 e. The van der Waals surface area contributed by atoms with Gasteiger partial charge >= 0.3 is 0 Å². The first-order valence-electron chi connectivity index (χ1n) is 6.88. The predicted octanol–water partition coefficient (Wildman–Crippen LogP) is 4.44. The molecule has 0 aliphatic heterocycles. The van der Waals surface area contributed by atoms with Crippen LogP contribution >= 0.6 is 11.6 Å². The van der Waals surface area contributed by atoms with Crippen LogP contribution in [0.2, 0.25) is 5.02 Å². The lowest BCUT2D eigenvalue weighted by atomic mass is 10.1. The number of benzene rings is 2. The van der Waals surface area contributed by atoms with E-state index in [1.165, 1.54) is 12.1 Å². The number of ether oxygens (including phenoxy) is 2. The topological polar surface area (TPSA) is 73.6 Å². The van der Waals surface area contributed by atoms with Crippen molar-refractivity contribution >= 4 is 23.0 Å². The first-order valence-corrected chi connectivity index (χ1v) is 7.26. The van der Waals surface area contributed by atoms with Gasteiger partial charge in [-0.15, -0.1) is 0 Å². The fourth-order valence-corrected chi connectivity index (χ4v) is 2.45. The minimum absolute atomic E-state index is 0.0489. The van der Waals surface area contributed by atoms with Gasteiger partial charge in [-0.2, -0.15) is 0 Å². The van der Waals surface area contributed by atoms with Gasteiger partial charge < -0.3 is 14.8 Å². The Morgan fingerprint density at radius 2 is 1.91 bits per heavy atom. The Morgan fingerprint density at radius 1 is 1.17 bits per heavy atom. The standard InChI is InChI=1S/C16H17ClN2O4/c1-10(13-9-12(22-2)5-7-16(13)23-3)18-15-6-4-11(19(20)21)8-14(15)17/h4-10,18H,1-3H3. The maximum absolute atomic E-state index is 10.8. The summed E-state index contributed by atoms with van der Waals surface area (Å²) < 4.78 is 10.6. The number of non-ortho nitro benzene ring substituents is 1. The van der Waals surface area contributed by atoms with Crippen LogP contribution in [0, 0.1) is 10.1 Å². The summed E-state index contributed by atoms with van der Waals surface area (Å²) >= 11 is 6.11. The second-order valence-corrected chi connectivity index (χ2v) is 5.30. The fourth-order valence-electron chi connectivity index (χ4n) is 2.22. The molecule has 122 valence electrons. The van der Waals surface area contributed by atoms with Gasteiger partial charge in [-0.1, -0.05) is 11.6 Å².